The van der Waals surface area contributed by atoms with E-state index in [0.29, 0.717) is 5.75 Å². The molecule has 2 aromatic carbocycles. The van der Waals surface area contributed by atoms with E-state index in [1.165, 1.54) is 13.0 Å². The van der Waals surface area contributed by atoms with E-state index in [1.807, 2.05) is 26.0 Å². The normalized spacial score (nSPS) is 14.1. The number of rotatable bonds is 7. The van der Waals surface area contributed by atoms with Gasteiger partial charge in [-0.3, -0.25) is 0 Å². The Labute approximate surface area is 152 Å². The van der Waals surface area contributed by atoms with Gasteiger partial charge in [0.2, 0.25) is 0 Å². The lowest BCUT2D eigenvalue weighted by Gasteiger charge is -2.18. The quantitative estimate of drug-likeness (QED) is 0.794. The molecule has 4 nitrogen and oxygen atoms in total. The third kappa shape index (κ3) is 5.02. The number of aliphatic hydroxyl groups is 1. The van der Waals surface area contributed by atoms with E-state index < -0.39 is 38.6 Å². The Kier molecular flexibility index (Phi) is 6.36. The van der Waals surface area contributed by atoms with Crippen molar-refractivity contribution in [1.29, 1.82) is 0 Å². The first-order valence-electron chi connectivity index (χ1n) is 8.15. The largest absolute Gasteiger partial charge is 0.491 e. The maximum atomic E-state index is 13.3. The van der Waals surface area contributed by atoms with Gasteiger partial charge < -0.3 is 9.84 Å². The van der Waals surface area contributed by atoms with Crippen molar-refractivity contribution in [2.75, 3.05) is 12.4 Å². The third-order valence-electron chi connectivity index (χ3n) is 4.15. The third-order valence-corrected chi connectivity index (χ3v) is 6.35. The Bertz CT molecular complexity index is 881. The van der Waals surface area contributed by atoms with Gasteiger partial charge in [0.25, 0.3) is 0 Å². The van der Waals surface area contributed by atoms with E-state index in [1.54, 1.807) is 6.07 Å². The highest BCUT2D eigenvalue weighted by Crippen LogP contribution is 2.25. The average Bonchev–Trinajstić information content (AvgIpc) is 2.57. The second-order valence-electron chi connectivity index (χ2n) is 6.38. The molecule has 2 rings (SSSR count). The summed E-state index contributed by atoms with van der Waals surface area (Å²) in [6.45, 7) is 4.94. The fourth-order valence-corrected chi connectivity index (χ4v) is 3.96. The molecule has 0 heterocycles. The average molecular weight is 384 g/mol. The minimum absolute atomic E-state index is 0.131. The molecule has 0 aliphatic carbocycles. The van der Waals surface area contributed by atoms with Crippen molar-refractivity contribution in [1.82, 2.24) is 0 Å². The monoisotopic (exact) mass is 384 g/mol. The Morgan fingerprint density at radius 3 is 2.42 bits per heavy atom. The van der Waals surface area contributed by atoms with Gasteiger partial charge in [-0.2, -0.15) is 0 Å². The van der Waals surface area contributed by atoms with Crippen LogP contribution in [-0.2, 0) is 9.84 Å². The molecule has 0 saturated heterocycles. The van der Waals surface area contributed by atoms with Crippen LogP contribution in [0.4, 0.5) is 8.78 Å². The predicted octanol–water partition coefficient (Wildman–Crippen LogP) is 3.50. The zero-order chi connectivity index (χ0) is 19.5. The molecule has 0 amide bonds. The van der Waals surface area contributed by atoms with Gasteiger partial charge in [0.15, 0.2) is 21.5 Å². The van der Waals surface area contributed by atoms with Crippen LogP contribution in [0, 0.1) is 25.5 Å². The minimum atomic E-state index is -3.78. The van der Waals surface area contributed by atoms with Crippen LogP contribution in [0.2, 0.25) is 0 Å². The molecule has 0 aromatic heterocycles. The predicted molar refractivity (Wildman–Crippen MR) is 96.0 cm³/mol. The SMILES string of the molecule is Cc1ccc(C)c(OC[C@H](O)CS(=O)(=O)[C@@H](C)c2ccc(F)c(F)c2)c1. The molecular formula is C19H22F2O4S. The summed E-state index contributed by atoms with van der Waals surface area (Å²) in [6, 6.07) is 8.57. The summed E-state index contributed by atoms with van der Waals surface area (Å²) in [5.74, 6) is -2.11. The molecule has 0 bridgehead atoms. The van der Waals surface area contributed by atoms with Crippen LogP contribution in [0.15, 0.2) is 36.4 Å². The van der Waals surface area contributed by atoms with Crippen molar-refractivity contribution in [3.8, 4) is 5.75 Å². The van der Waals surface area contributed by atoms with Crippen LogP contribution in [0.1, 0.15) is 28.9 Å². The summed E-state index contributed by atoms with van der Waals surface area (Å²) >= 11 is 0. The standard InChI is InChI=1S/C19H22F2O4S/c1-12-4-5-13(2)19(8-12)25-10-16(22)11-26(23,24)14(3)15-6-7-17(20)18(21)9-15/h4-9,14,16,22H,10-11H2,1-3H3/t14-,16-/m0/s1. The van der Waals surface area contributed by atoms with E-state index in [0.717, 1.165) is 23.3 Å². The van der Waals surface area contributed by atoms with Crippen molar-refractivity contribution >= 4 is 9.84 Å². The summed E-state index contributed by atoms with van der Waals surface area (Å²) in [5, 5.41) is 8.99. The summed E-state index contributed by atoms with van der Waals surface area (Å²) in [7, 11) is -3.78. The van der Waals surface area contributed by atoms with Crippen LogP contribution in [0.3, 0.4) is 0 Å². The van der Waals surface area contributed by atoms with E-state index in [-0.39, 0.29) is 12.2 Å². The summed E-state index contributed by atoms with van der Waals surface area (Å²) in [4.78, 5) is 0. The zero-order valence-electron chi connectivity index (χ0n) is 14.9. The van der Waals surface area contributed by atoms with Gasteiger partial charge in [-0.15, -0.1) is 0 Å². The summed E-state index contributed by atoms with van der Waals surface area (Å²) in [6.07, 6.45) is -1.24. The van der Waals surface area contributed by atoms with Crippen molar-refractivity contribution < 1.29 is 27.0 Å². The molecule has 26 heavy (non-hydrogen) atoms. The molecule has 2 atom stereocenters. The molecule has 0 radical (unpaired) electrons. The lowest BCUT2D eigenvalue weighted by atomic mass is 10.1. The van der Waals surface area contributed by atoms with Gasteiger partial charge >= 0.3 is 0 Å². The van der Waals surface area contributed by atoms with Crippen molar-refractivity contribution in [2.45, 2.75) is 32.1 Å². The fourth-order valence-electron chi connectivity index (χ4n) is 2.48. The maximum absolute atomic E-state index is 13.3. The highest BCUT2D eigenvalue weighted by Gasteiger charge is 2.27. The number of halogens is 2. The Hall–Kier alpha value is -1.99. The van der Waals surface area contributed by atoms with Gasteiger partial charge in [-0.25, -0.2) is 17.2 Å². The number of hydrogen-bond donors (Lipinski definition) is 1. The van der Waals surface area contributed by atoms with Crippen LogP contribution in [-0.4, -0.2) is 32.0 Å². The van der Waals surface area contributed by atoms with Gasteiger partial charge in [0, 0.05) is 0 Å². The lowest BCUT2D eigenvalue weighted by molar-refractivity contribution is 0.124. The first-order valence-corrected chi connectivity index (χ1v) is 9.86. The highest BCUT2D eigenvalue weighted by atomic mass is 32.2. The molecule has 0 fully saturated rings. The number of sulfone groups is 1. The van der Waals surface area contributed by atoms with Gasteiger partial charge in [0.05, 0.1) is 11.0 Å². The van der Waals surface area contributed by atoms with Crippen molar-refractivity contribution in [3.63, 3.8) is 0 Å². The van der Waals surface area contributed by atoms with Crippen LogP contribution < -0.4 is 4.74 Å². The molecule has 142 valence electrons. The van der Waals surface area contributed by atoms with Crippen molar-refractivity contribution in [3.05, 3.63) is 64.7 Å². The second kappa shape index (κ2) is 8.14. The van der Waals surface area contributed by atoms with E-state index in [9.17, 15) is 22.3 Å². The number of aliphatic hydroxyl groups excluding tert-OH is 1. The Balaban J connectivity index is 2.03. The van der Waals surface area contributed by atoms with E-state index in [4.69, 9.17) is 4.74 Å². The van der Waals surface area contributed by atoms with E-state index in [2.05, 4.69) is 0 Å². The summed E-state index contributed by atoms with van der Waals surface area (Å²) in [5.41, 5.74) is 1.99. The topological polar surface area (TPSA) is 63.6 Å². The van der Waals surface area contributed by atoms with Crippen LogP contribution in [0.25, 0.3) is 0 Å². The molecule has 0 aliphatic heterocycles. The number of benzene rings is 2. The number of ether oxygens (including phenoxy) is 1. The van der Waals surface area contributed by atoms with Gasteiger partial charge in [0.1, 0.15) is 18.5 Å². The fraction of sp³-hybridized carbons (Fsp3) is 0.368. The van der Waals surface area contributed by atoms with Crippen molar-refractivity contribution in [2.24, 2.45) is 0 Å². The van der Waals surface area contributed by atoms with Gasteiger partial charge in [-0.05, 0) is 55.7 Å². The highest BCUT2D eigenvalue weighted by molar-refractivity contribution is 7.91. The van der Waals surface area contributed by atoms with Crippen LogP contribution in [0.5, 0.6) is 5.75 Å². The van der Waals surface area contributed by atoms with Crippen LogP contribution >= 0.6 is 0 Å². The minimum Gasteiger partial charge on any atom is -0.491 e. The van der Waals surface area contributed by atoms with E-state index >= 15 is 0 Å². The zero-order valence-corrected chi connectivity index (χ0v) is 15.7. The molecule has 1 N–H and O–H groups in total. The number of aryl methyl sites for hydroxylation is 2. The Morgan fingerprint density at radius 1 is 1.08 bits per heavy atom. The second-order valence-corrected chi connectivity index (χ2v) is 8.75. The first-order chi connectivity index (χ1) is 12.1. The lowest BCUT2D eigenvalue weighted by Crippen LogP contribution is -2.29. The maximum Gasteiger partial charge on any atom is 0.159 e. The molecule has 0 aliphatic rings. The smallest absolute Gasteiger partial charge is 0.159 e. The number of hydrogen-bond acceptors (Lipinski definition) is 4. The summed E-state index contributed by atoms with van der Waals surface area (Å²) < 4.78 is 56.7. The molecule has 0 saturated carbocycles. The molecule has 0 spiro atoms. The molecule has 2 aromatic rings. The molecule has 7 heteroatoms. The molecule has 0 unspecified atom stereocenters. The first kappa shape index (κ1) is 20.3. The Morgan fingerprint density at radius 2 is 1.77 bits per heavy atom. The molecular weight excluding hydrogens is 362 g/mol. The van der Waals surface area contributed by atoms with Gasteiger partial charge in [-0.1, -0.05) is 18.2 Å².